The summed E-state index contributed by atoms with van der Waals surface area (Å²) in [6.07, 6.45) is 15.8. The topological polar surface area (TPSA) is 30.7 Å². The lowest BCUT2D eigenvalue weighted by molar-refractivity contribution is -0.0429. The SMILES string of the molecule is C[C@H]1CC[C@@]2(C)C(=CCC3C2CC[C@@]2(C)C3CC[C@H]2n2cc(-c3ccccc3)nn2)C1. The molecule has 3 saturated carbocycles. The quantitative estimate of drug-likeness (QED) is 0.490. The van der Waals surface area contributed by atoms with Crippen LogP contribution in [0.1, 0.15) is 78.2 Å². The van der Waals surface area contributed by atoms with Gasteiger partial charge in [-0.25, -0.2) is 4.68 Å². The molecule has 0 bridgehead atoms. The Kier molecular flexibility index (Phi) is 4.49. The third-order valence-corrected chi connectivity index (χ3v) is 10.2. The summed E-state index contributed by atoms with van der Waals surface area (Å²) >= 11 is 0. The van der Waals surface area contributed by atoms with E-state index < -0.39 is 0 Å². The van der Waals surface area contributed by atoms with Crippen molar-refractivity contribution >= 4 is 0 Å². The van der Waals surface area contributed by atoms with E-state index in [9.17, 15) is 0 Å². The van der Waals surface area contributed by atoms with Gasteiger partial charge in [0.15, 0.2) is 0 Å². The average Bonchev–Trinajstić information content (AvgIpc) is 3.39. The lowest BCUT2D eigenvalue weighted by atomic mass is 9.47. The van der Waals surface area contributed by atoms with E-state index in [4.69, 9.17) is 0 Å². The molecule has 1 aromatic carbocycles. The fourth-order valence-corrected chi connectivity index (χ4v) is 8.42. The van der Waals surface area contributed by atoms with Crippen molar-refractivity contribution in [3.8, 4) is 11.3 Å². The molecule has 7 atom stereocenters. The van der Waals surface area contributed by atoms with Crippen LogP contribution in [0.5, 0.6) is 0 Å². The summed E-state index contributed by atoms with van der Waals surface area (Å²) in [5.41, 5.74) is 4.82. The van der Waals surface area contributed by atoms with Gasteiger partial charge >= 0.3 is 0 Å². The van der Waals surface area contributed by atoms with Crippen LogP contribution in [0, 0.1) is 34.5 Å². The Morgan fingerprint density at radius 2 is 1.81 bits per heavy atom. The lowest BCUT2D eigenvalue weighted by Gasteiger charge is -2.58. The molecule has 6 rings (SSSR count). The van der Waals surface area contributed by atoms with Gasteiger partial charge in [-0.2, -0.15) is 0 Å². The minimum atomic E-state index is 0.354. The first-order valence-corrected chi connectivity index (χ1v) is 12.7. The van der Waals surface area contributed by atoms with Gasteiger partial charge in [0, 0.05) is 5.56 Å². The number of fused-ring (bicyclic) bond motifs is 5. The third kappa shape index (κ3) is 2.91. The van der Waals surface area contributed by atoms with E-state index in [1.807, 2.05) is 5.57 Å². The Hall–Kier alpha value is -1.90. The molecule has 164 valence electrons. The summed E-state index contributed by atoms with van der Waals surface area (Å²) < 4.78 is 2.23. The van der Waals surface area contributed by atoms with Crippen molar-refractivity contribution in [1.29, 1.82) is 0 Å². The highest BCUT2D eigenvalue weighted by atomic mass is 15.4. The number of hydrogen-bond donors (Lipinski definition) is 0. The smallest absolute Gasteiger partial charge is 0.113 e. The summed E-state index contributed by atoms with van der Waals surface area (Å²) in [5, 5.41) is 9.21. The van der Waals surface area contributed by atoms with E-state index in [1.165, 1.54) is 56.9 Å². The van der Waals surface area contributed by atoms with E-state index in [0.717, 1.165) is 29.4 Å². The second kappa shape index (κ2) is 7.05. The molecule has 3 fully saturated rings. The average molecular weight is 416 g/mol. The van der Waals surface area contributed by atoms with Crippen molar-refractivity contribution in [2.75, 3.05) is 0 Å². The van der Waals surface area contributed by atoms with E-state index in [-0.39, 0.29) is 0 Å². The first-order chi connectivity index (χ1) is 15.0. The zero-order chi connectivity index (χ0) is 21.2. The molecule has 1 heterocycles. The number of benzene rings is 1. The van der Waals surface area contributed by atoms with Crippen LogP contribution in [-0.2, 0) is 0 Å². The summed E-state index contributed by atoms with van der Waals surface area (Å²) in [7, 11) is 0. The molecule has 3 unspecified atom stereocenters. The Morgan fingerprint density at radius 1 is 0.968 bits per heavy atom. The van der Waals surface area contributed by atoms with Crippen LogP contribution in [0.15, 0.2) is 48.2 Å². The molecule has 3 nitrogen and oxygen atoms in total. The van der Waals surface area contributed by atoms with E-state index in [1.54, 1.807) is 0 Å². The minimum Gasteiger partial charge on any atom is -0.248 e. The van der Waals surface area contributed by atoms with E-state index in [0.29, 0.717) is 16.9 Å². The number of allylic oxidation sites excluding steroid dienone is 2. The van der Waals surface area contributed by atoms with Gasteiger partial charge < -0.3 is 0 Å². The van der Waals surface area contributed by atoms with Crippen LogP contribution >= 0.6 is 0 Å². The molecular weight excluding hydrogens is 378 g/mol. The van der Waals surface area contributed by atoms with Gasteiger partial charge in [-0.3, -0.25) is 0 Å². The molecule has 4 aliphatic carbocycles. The van der Waals surface area contributed by atoms with Gasteiger partial charge in [-0.1, -0.05) is 68.0 Å². The van der Waals surface area contributed by atoms with Crippen LogP contribution in [-0.4, -0.2) is 15.0 Å². The van der Waals surface area contributed by atoms with Gasteiger partial charge in [0.1, 0.15) is 5.69 Å². The molecule has 31 heavy (non-hydrogen) atoms. The van der Waals surface area contributed by atoms with Crippen LogP contribution in [0.3, 0.4) is 0 Å². The Morgan fingerprint density at radius 3 is 2.65 bits per heavy atom. The normalized spacial score (nSPS) is 41.8. The molecule has 0 N–H and O–H groups in total. The van der Waals surface area contributed by atoms with Gasteiger partial charge in [0.2, 0.25) is 0 Å². The fourth-order valence-electron chi connectivity index (χ4n) is 8.42. The van der Waals surface area contributed by atoms with Gasteiger partial charge in [-0.15, -0.1) is 5.10 Å². The highest BCUT2D eigenvalue weighted by molar-refractivity contribution is 5.57. The molecule has 3 heteroatoms. The number of nitrogens with zero attached hydrogens (tertiary/aromatic N) is 3. The van der Waals surface area contributed by atoms with Crippen LogP contribution in [0.4, 0.5) is 0 Å². The first kappa shape index (κ1) is 19.8. The van der Waals surface area contributed by atoms with Crippen molar-refractivity contribution in [3.05, 3.63) is 48.2 Å². The van der Waals surface area contributed by atoms with Crippen molar-refractivity contribution < 1.29 is 0 Å². The largest absolute Gasteiger partial charge is 0.248 e. The molecule has 0 radical (unpaired) electrons. The first-order valence-electron chi connectivity index (χ1n) is 12.7. The van der Waals surface area contributed by atoms with Gasteiger partial charge in [-0.05, 0) is 85.9 Å². The molecule has 0 amide bonds. The maximum absolute atomic E-state index is 4.66. The van der Waals surface area contributed by atoms with Crippen molar-refractivity contribution in [3.63, 3.8) is 0 Å². The fraction of sp³-hybridized carbons (Fsp3) is 0.643. The molecule has 0 saturated heterocycles. The maximum atomic E-state index is 4.66. The third-order valence-electron chi connectivity index (χ3n) is 10.2. The standard InChI is InChI=1S/C28H37N3/c1-19-13-15-27(2)21(17-19)9-10-22-23-11-12-26(28(23,3)16-14-24(22)27)31-18-25(29-30-31)20-7-5-4-6-8-20/h4-9,18-19,22-24,26H,10-17H2,1-3H3/t19-,22?,23?,24?,26+,27-,28-/m0/s1. The maximum Gasteiger partial charge on any atom is 0.113 e. The Balaban J connectivity index is 1.29. The molecule has 0 spiro atoms. The molecule has 0 aliphatic heterocycles. The minimum absolute atomic E-state index is 0.354. The lowest BCUT2D eigenvalue weighted by Crippen LogP contribution is -2.50. The van der Waals surface area contributed by atoms with Crippen molar-refractivity contribution in [2.45, 2.75) is 78.2 Å². The zero-order valence-electron chi connectivity index (χ0n) is 19.4. The van der Waals surface area contributed by atoms with Crippen LogP contribution in [0.25, 0.3) is 11.3 Å². The van der Waals surface area contributed by atoms with Crippen molar-refractivity contribution in [2.24, 2.45) is 34.5 Å². The molecular formula is C28H37N3. The molecule has 1 aromatic heterocycles. The Labute approximate surface area is 187 Å². The van der Waals surface area contributed by atoms with E-state index >= 15 is 0 Å². The number of hydrogen-bond acceptors (Lipinski definition) is 2. The highest BCUT2D eigenvalue weighted by Gasteiger charge is 2.59. The predicted octanol–water partition coefficient (Wildman–Crippen LogP) is 7.09. The van der Waals surface area contributed by atoms with Gasteiger partial charge in [0.05, 0.1) is 12.2 Å². The predicted molar refractivity (Wildman–Crippen MR) is 125 cm³/mol. The second-order valence-corrected chi connectivity index (χ2v) is 11.7. The molecule has 2 aromatic rings. The van der Waals surface area contributed by atoms with Gasteiger partial charge in [0.25, 0.3) is 0 Å². The summed E-state index contributed by atoms with van der Waals surface area (Å²) in [5.74, 6) is 3.47. The van der Waals surface area contributed by atoms with Crippen molar-refractivity contribution in [1.82, 2.24) is 15.0 Å². The van der Waals surface area contributed by atoms with Crippen LogP contribution < -0.4 is 0 Å². The van der Waals surface area contributed by atoms with Crippen LogP contribution in [0.2, 0.25) is 0 Å². The Bertz CT molecular complexity index is 991. The summed E-state index contributed by atoms with van der Waals surface area (Å²) in [6.45, 7) is 7.66. The monoisotopic (exact) mass is 415 g/mol. The molecule has 4 aliphatic rings. The summed E-state index contributed by atoms with van der Waals surface area (Å²) in [6, 6.07) is 11.0. The highest BCUT2D eigenvalue weighted by Crippen LogP contribution is 2.67. The zero-order valence-corrected chi connectivity index (χ0v) is 19.4. The number of rotatable bonds is 2. The second-order valence-electron chi connectivity index (χ2n) is 11.7. The number of aromatic nitrogens is 3. The van der Waals surface area contributed by atoms with E-state index in [2.05, 4.69) is 78.4 Å². The summed E-state index contributed by atoms with van der Waals surface area (Å²) in [4.78, 5) is 0.